The fourth-order valence-corrected chi connectivity index (χ4v) is 1.77. The highest BCUT2D eigenvalue weighted by molar-refractivity contribution is 7.89. The van der Waals surface area contributed by atoms with Crippen LogP contribution in [-0.2, 0) is 14.9 Å². The van der Waals surface area contributed by atoms with Crippen LogP contribution in [0.3, 0.4) is 0 Å². The molecule has 6 nitrogen and oxygen atoms in total. The molecule has 0 radical (unpaired) electrons. The van der Waals surface area contributed by atoms with Crippen LogP contribution in [0.1, 0.15) is 5.69 Å². The van der Waals surface area contributed by atoms with Crippen LogP contribution in [0.5, 0.6) is 0 Å². The van der Waals surface area contributed by atoms with E-state index in [-0.39, 0.29) is 10.6 Å². The number of sulfonamides is 1. The summed E-state index contributed by atoms with van der Waals surface area (Å²) >= 11 is 0. The molecule has 14 heavy (non-hydrogen) atoms. The first kappa shape index (κ1) is 10.6. The molecule has 0 amide bonds. The zero-order chi connectivity index (χ0) is 10.6. The molecule has 0 saturated heterocycles. The van der Waals surface area contributed by atoms with Gasteiger partial charge in [0.2, 0.25) is 0 Å². The van der Waals surface area contributed by atoms with Gasteiger partial charge < -0.3 is 0 Å². The number of nitrogens with one attached hydrogen (secondary N) is 1. The number of hydrogen-bond acceptors (Lipinski definition) is 5. The summed E-state index contributed by atoms with van der Waals surface area (Å²) in [7, 11) is -2.64. The summed E-state index contributed by atoms with van der Waals surface area (Å²) in [5.74, 6) is 0. The molecule has 0 aliphatic rings. The number of rotatable bonds is 3. The number of hydrogen-bond donors (Lipinski definition) is 1. The molecule has 0 aliphatic heterocycles. The van der Waals surface area contributed by atoms with Gasteiger partial charge in [0.15, 0.2) is 5.69 Å². The standard InChI is InChI=1S/C7H7N3O3S/c1-13-10-14(11,12)7-3-2-4-9-6(7)5-8/h2-4,10H,1H3. The van der Waals surface area contributed by atoms with E-state index in [9.17, 15) is 8.42 Å². The molecular weight excluding hydrogens is 206 g/mol. The third kappa shape index (κ3) is 2.05. The topological polar surface area (TPSA) is 92.1 Å². The number of aromatic nitrogens is 1. The minimum absolute atomic E-state index is 0.169. The minimum atomic E-state index is -3.81. The Hall–Kier alpha value is -1.49. The van der Waals surface area contributed by atoms with Crippen molar-refractivity contribution in [3.63, 3.8) is 0 Å². The molecular formula is C7H7N3O3S. The van der Waals surface area contributed by atoms with Crippen molar-refractivity contribution in [2.24, 2.45) is 0 Å². The van der Waals surface area contributed by atoms with Crippen molar-refractivity contribution >= 4 is 10.0 Å². The molecule has 1 N–H and O–H groups in total. The van der Waals surface area contributed by atoms with Crippen molar-refractivity contribution in [3.8, 4) is 6.07 Å². The predicted molar refractivity (Wildman–Crippen MR) is 46.3 cm³/mol. The molecule has 0 spiro atoms. The molecule has 0 fully saturated rings. The van der Waals surface area contributed by atoms with Gasteiger partial charge in [-0.2, -0.15) is 5.26 Å². The number of nitrogens with zero attached hydrogens (tertiary/aromatic N) is 2. The second kappa shape index (κ2) is 4.15. The molecule has 0 bridgehead atoms. The van der Waals surface area contributed by atoms with Crippen LogP contribution in [0.4, 0.5) is 0 Å². The third-order valence-electron chi connectivity index (χ3n) is 1.36. The van der Waals surface area contributed by atoms with Crippen molar-refractivity contribution in [2.75, 3.05) is 7.11 Å². The summed E-state index contributed by atoms with van der Waals surface area (Å²) in [4.78, 5) is 9.48. The van der Waals surface area contributed by atoms with E-state index in [0.717, 1.165) is 0 Å². The fourth-order valence-electron chi connectivity index (χ4n) is 0.846. The Balaban J connectivity index is 3.27. The monoisotopic (exact) mass is 213 g/mol. The SMILES string of the molecule is CONS(=O)(=O)c1cccnc1C#N. The molecule has 0 aromatic carbocycles. The summed E-state index contributed by atoms with van der Waals surface area (Å²) in [6, 6.07) is 4.37. The first-order chi connectivity index (χ1) is 6.61. The van der Waals surface area contributed by atoms with E-state index in [1.54, 1.807) is 11.0 Å². The molecule has 7 heteroatoms. The Morgan fingerprint density at radius 1 is 1.64 bits per heavy atom. The zero-order valence-corrected chi connectivity index (χ0v) is 8.08. The first-order valence-corrected chi connectivity index (χ1v) is 5.00. The van der Waals surface area contributed by atoms with E-state index in [1.165, 1.54) is 25.4 Å². The van der Waals surface area contributed by atoms with Crippen LogP contribution in [0.25, 0.3) is 0 Å². The lowest BCUT2D eigenvalue weighted by molar-refractivity contribution is 0.153. The lowest BCUT2D eigenvalue weighted by Gasteiger charge is -2.04. The summed E-state index contributed by atoms with van der Waals surface area (Å²) in [5, 5.41) is 8.60. The highest BCUT2D eigenvalue weighted by Gasteiger charge is 2.18. The van der Waals surface area contributed by atoms with Gasteiger partial charge in [0.1, 0.15) is 11.0 Å². The van der Waals surface area contributed by atoms with Crippen LogP contribution < -0.4 is 4.89 Å². The van der Waals surface area contributed by atoms with E-state index >= 15 is 0 Å². The Bertz CT molecular complexity index is 463. The third-order valence-corrected chi connectivity index (χ3v) is 2.65. The number of pyridine rings is 1. The molecule has 0 atom stereocenters. The fraction of sp³-hybridized carbons (Fsp3) is 0.143. The first-order valence-electron chi connectivity index (χ1n) is 3.51. The second-order valence-corrected chi connectivity index (χ2v) is 3.87. The molecule has 1 rings (SSSR count). The molecule has 1 heterocycles. The van der Waals surface area contributed by atoms with Crippen LogP contribution in [0.2, 0.25) is 0 Å². The van der Waals surface area contributed by atoms with E-state index in [2.05, 4.69) is 9.82 Å². The van der Waals surface area contributed by atoms with Crippen molar-refractivity contribution in [1.82, 2.24) is 9.87 Å². The molecule has 74 valence electrons. The van der Waals surface area contributed by atoms with Gasteiger partial charge in [-0.15, -0.1) is 0 Å². The van der Waals surface area contributed by atoms with Crippen molar-refractivity contribution in [1.29, 1.82) is 5.26 Å². The number of nitriles is 1. The van der Waals surface area contributed by atoms with Crippen LogP contribution in [-0.4, -0.2) is 20.5 Å². The lowest BCUT2D eigenvalue weighted by atomic mass is 10.4. The van der Waals surface area contributed by atoms with Gasteiger partial charge in [0.25, 0.3) is 10.0 Å². The van der Waals surface area contributed by atoms with E-state index in [0.29, 0.717) is 0 Å². The van der Waals surface area contributed by atoms with Crippen molar-refractivity contribution < 1.29 is 13.3 Å². The van der Waals surface area contributed by atoms with Gasteiger partial charge in [-0.3, -0.25) is 4.84 Å². The van der Waals surface area contributed by atoms with E-state index in [1.807, 2.05) is 0 Å². The summed E-state index contributed by atoms with van der Waals surface area (Å²) in [6.45, 7) is 0. The molecule has 1 aromatic heterocycles. The lowest BCUT2D eigenvalue weighted by Crippen LogP contribution is -2.23. The summed E-state index contributed by atoms with van der Waals surface area (Å²) < 4.78 is 22.8. The van der Waals surface area contributed by atoms with Crippen LogP contribution >= 0.6 is 0 Å². The Labute approximate surface area is 81.2 Å². The van der Waals surface area contributed by atoms with Gasteiger partial charge in [0.05, 0.1) is 7.11 Å². The predicted octanol–water partition coefficient (Wildman–Crippen LogP) is -0.207. The van der Waals surface area contributed by atoms with Crippen molar-refractivity contribution in [3.05, 3.63) is 24.0 Å². The van der Waals surface area contributed by atoms with Crippen molar-refractivity contribution in [2.45, 2.75) is 4.90 Å². The highest BCUT2D eigenvalue weighted by Crippen LogP contribution is 2.10. The minimum Gasteiger partial charge on any atom is -0.290 e. The smallest absolute Gasteiger partial charge is 0.265 e. The zero-order valence-electron chi connectivity index (χ0n) is 7.26. The van der Waals surface area contributed by atoms with Gasteiger partial charge >= 0.3 is 0 Å². The molecule has 1 aromatic rings. The maximum absolute atomic E-state index is 11.4. The van der Waals surface area contributed by atoms with Crippen LogP contribution in [0.15, 0.2) is 23.2 Å². The van der Waals surface area contributed by atoms with E-state index in [4.69, 9.17) is 5.26 Å². The Morgan fingerprint density at radius 3 is 2.93 bits per heavy atom. The van der Waals surface area contributed by atoms with Gasteiger partial charge in [-0.25, -0.2) is 13.4 Å². The Kier molecular flexibility index (Phi) is 3.14. The second-order valence-electron chi connectivity index (χ2n) is 2.25. The average molecular weight is 213 g/mol. The van der Waals surface area contributed by atoms with Crippen LogP contribution in [0, 0.1) is 11.3 Å². The largest absolute Gasteiger partial charge is 0.290 e. The quantitative estimate of drug-likeness (QED) is 0.701. The Morgan fingerprint density at radius 2 is 2.36 bits per heavy atom. The maximum Gasteiger partial charge on any atom is 0.265 e. The highest BCUT2D eigenvalue weighted by atomic mass is 32.2. The van der Waals surface area contributed by atoms with Gasteiger partial charge in [-0.1, -0.05) is 4.89 Å². The average Bonchev–Trinajstić information content (AvgIpc) is 2.18. The van der Waals surface area contributed by atoms with E-state index < -0.39 is 10.0 Å². The summed E-state index contributed by atoms with van der Waals surface area (Å²) in [5.41, 5.74) is -0.169. The normalized spacial score (nSPS) is 10.9. The molecule has 0 aliphatic carbocycles. The summed E-state index contributed by atoms with van der Waals surface area (Å²) in [6.07, 6.45) is 1.34. The molecule has 0 saturated carbocycles. The van der Waals surface area contributed by atoms with Gasteiger partial charge in [0, 0.05) is 6.20 Å². The molecule has 0 unspecified atom stereocenters. The maximum atomic E-state index is 11.4. The van der Waals surface area contributed by atoms with Gasteiger partial charge in [-0.05, 0) is 12.1 Å².